The zero-order valence-electron chi connectivity index (χ0n) is 9.50. The molecule has 2 saturated heterocycles. The average Bonchev–Trinajstić information content (AvgIpc) is 2.88. The second-order valence-electron chi connectivity index (χ2n) is 5.43. The Bertz CT molecular complexity index is 456. The number of carbonyl (C=O) groups is 1. The van der Waals surface area contributed by atoms with Crippen LogP contribution in [0.5, 0.6) is 0 Å². The number of aliphatic hydroxyl groups is 1. The van der Waals surface area contributed by atoms with Crippen LogP contribution in [0.25, 0.3) is 0 Å². The summed E-state index contributed by atoms with van der Waals surface area (Å²) in [5.41, 5.74) is 0.111. The Balaban J connectivity index is 1.84. The van der Waals surface area contributed by atoms with Crippen molar-refractivity contribution in [2.24, 2.45) is 0 Å². The molecule has 0 radical (unpaired) electrons. The molecule has 2 fully saturated rings. The zero-order chi connectivity index (χ0) is 11.6. The molecule has 3 heterocycles. The number of ether oxygens (including phenoxy) is 1. The number of fused-ring (bicyclic) bond motifs is 3. The van der Waals surface area contributed by atoms with E-state index in [1.807, 2.05) is 6.08 Å². The topological polar surface area (TPSA) is 49.8 Å². The van der Waals surface area contributed by atoms with Crippen molar-refractivity contribution < 1.29 is 14.6 Å². The molecule has 0 unspecified atom stereocenters. The van der Waals surface area contributed by atoms with Crippen LogP contribution in [-0.4, -0.2) is 46.3 Å². The first-order valence-electron chi connectivity index (χ1n) is 6.28. The van der Waals surface area contributed by atoms with Gasteiger partial charge in [-0.25, -0.2) is 4.79 Å². The number of hydrogen-bond donors (Lipinski definition) is 1. The van der Waals surface area contributed by atoms with Crippen LogP contribution in [0.2, 0.25) is 0 Å². The van der Waals surface area contributed by atoms with E-state index in [0.717, 1.165) is 25.0 Å². The predicted octanol–water partition coefficient (Wildman–Crippen LogP) is 0.376. The minimum absolute atomic E-state index is 0.146. The van der Waals surface area contributed by atoms with Crippen LogP contribution >= 0.6 is 0 Å². The molecular formula is C13H15NO3. The fourth-order valence-corrected chi connectivity index (χ4v) is 3.92. The molecule has 2 bridgehead atoms. The van der Waals surface area contributed by atoms with Gasteiger partial charge in [-0.2, -0.15) is 0 Å². The van der Waals surface area contributed by atoms with E-state index in [1.165, 1.54) is 6.08 Å². The summed E-state index contributed by atoms with van der Waals surface area (Å²) in [5.74, 6) is -0.309. The first-order chi connectivity index (χ1) is 8.21. The van der Waals surface area contributed by atoms with Gasteiger partial charge >= 0.3 is 5.97 Å². The van der Waals surface area contributed by atoms with E-state index in [-0.39, 0.29) is 12.0 Å². The molecule has 17 heavy (non-hydrogen) atoms. The number of piperidine rings is 1. The van der Waals surface area contributed by atoms with Gasteiger partial charge in [0.2, 0.25) is 0 Å². The van der Waals surface area contributed by atoms with Crippen molar-refractivity contribution in [3.8, 4) is 0 Å². The maximum absolute atomic E-state index is 11.5. The van der Waals surface area contributed by atoms with E-state index in [1.54, 1.807) is 0 Å². The molecule has 4 heteroatoms. The maximum Gasteiger partial charge on any atom is 0.332 e. The van der Waals surface area contributed by atoms with E-state index in [2.05, 4.69) is 11.0 Å². The summed E-state index contributed by atoms with van der Waals surface area (Å²) in [5, 5.41) is 10.6. The molecule has 1 spiro atoms. The predicted molar refractivity (Wildman–Crippen MR) is 60.2 cm³/mol. The Labute approximate surface area is 99.5 Å². The zero-order valence-corrected chi connectivity index (χ0v) is 9.50. The number of carbonyl (C=O) groups excluding carboxylic acids is 1. The van der Waals surface area contributed by atoms with E-state index >= 15 is 0 Å². The SMILES string of the molecule is O=C1C=C2C=C[C@@H]3C[C@@]2(O1)[C@H](O)[C@H]1CCCN31. The quantitative estimate of drug-likeness (QED) is 0.614. The fraction of sp³-hybridized carbons (Fsp3) is 0.615. The Hall–Kier alpha value is -1.13. The van der Waals surface area contributed by atoms with Crippen LogP contribution in [0.15, 0.2) is 23.8 Å². The number of nitrogens with zero attached hydrogens (tertiary/aromatic N) is 1. The summed E-state index contributed by atoms with van der Waals surface area (Å²) in [6.45, 7) is 1.04. The molecule has 0 amide bonds. The van der Waals surface area contributed by atoms with Crippen molar-refractivity contribution in [1.29, 1.82) is 0 Å². The molecule has 0 aromatic heterocycles. The maximum atomic E-state index is 11.5. The minimum Gasteiger partial charge on any atom is -0.448 e. The summed E-state index contributed by atoms with van der Waals surface area (Å²) in [6.07, 6.45) is 7.88. The third-order valence-corrected chi connectivity index (χ3v) is 4.67. The standard InChI is InChI=1S/C13H15NO3/c15-11-6-8-3-4-9-7-13(8,17-11)12(16)10-2-1-5-14(9)10/h3-4,6,9-10,12,16H,1-2,5,7H2/t9-,10-,12-,13+/m1/s1. The summed E-state index contributed by atoms with van der Waals surface area (Å²) in [7, 11) is 0. The normalized spacial score (nSPS) is 47.5. The molecule has 4 nitrogen and oxygen atoms in total. The number of aliphatic hydroxyl groups excluding tert-OH is 1. The van der Waals surface area contributed by atoms with Crippen LogP contribution in [0.1, 0.15) is 19.3 Å². The van der Waals surface area contributed by atoms with E-state index < -0.39 is 11.7 Å². The van der Waals surface area contributed by atoms with Gasteiger partial charge in [0, 0.05) is 30.2 Å². The highest BCUT2D eigenvalue weighted by Crippen LogP contribution is 2.48. The second kappa shape index (κ2) is 3.00. The van der Waals surface area contributed by atoms with Crippen LogP contribution < -0.4 is 0 Å². The molecular weight excluding hydrogens is 218 g/mol. The number of esters is 1. The molecule has 3 aliphatic heterocycles. The summed E-state index contributed by atoms with van der Waals surface area (Å²) >= 11 is 0. The summed E-state index contributed by atoms with van der Waals surface area (Å²) in [4.78, 5) is 13.8. The number of hydrogen-bond acceptors (Lipinski definition) is 4. The van der Waals surface area contributed by atoms with Gasteiger partial charge in [-0.05, 0) is 19.4 Å². The van der Waals surface area contributed by atoms with E-state index in [0.29, 0.717) is 12.5 Å². The van der Waals surface area contributed by atoms with Gasteiger partial charge in [0.25, 0.3) is 0 Å². The van der Waals surface area contributed by atoms with Gasteiger partial charge < -0.3 is 9.84 Å². The highest BCUT2D eigenvalue weighted by molar-refractivity contribution is 5.88. The lowest BCUT2D eigenvalue weighted by Gasteiger charge is -2.51. The van der Waals surface area contributed by atoms with Crippen molar-refractivity contribution in [2.75, 3.05) is 6.54 Å². The van der Waals surface area contributed by atoms with Crippen LogP contribution in [0.4, 0.5) is 0 Å². The molecule has 4 atom stereocenters. The lowest BCUT2D eigenvalue weighted by Crippen LogP contribution is -2.64. The number of rotatable bonds is 0. The first-order valence-corrected chi connectivity index (χ1v) is 6.28. The van der Waals surface area contributed by atoms with Crippen LogP contribution in [0.3, 0.4) is 0 Å². The van der Waals surface area contributed by atoms with Crippen molar-refractivity contribution in [2.45, 2.75) is 43.1 Å². The smallest absolute Gasteiger partial charge is 0.332 e. The fourth-order valence-electron chi connectivity index (χ4n) is 3.92. The van der Waals surface area contributed by atoms with Crippen molar-refractivity contribution in [3.63, 3.8) is 0 Å². The first kappa shape index (κ1) is 9.85. The minimum atomic E-state index is -0.748. The molecule has 1 aliphatic carbocycles. The highest BCUT2D eigenvalue weighted by Gasteiger charge is 2.59. The van der Waals surface area contributed by atoms with Crippen molar-refractivity contribution in [3.05, 3.63) is 23.8 Å². The Kier molecular flexibility index (Phi) is 1.74. The molecule has 0 aromatic carbocycles. The summed E-state index contributed by atoms with van der Waals surface area (Å²) in [6, 6.07) is 0.460. The molecule has 4 aliphatic rings. The Morgan fingerprint density at radius 1 is 1.53 bits per heavy atom. The van der Waals surface area contributed by atoms with Crippen molar-refractivity contribution in [1.82, 2.24) is 4.90 Å². The lowest BCUT2D eigenvalue weighted by molar-refractivity contribution is -0.173. The average molecular weight is 233 g/mol. The second-order valence-corrected chi connectivity index (χ2v) is 5.43. The van der Waals surface area contributed by atoms with E-state index in [4.69, 9.17) is 4.74 Å². The van der Waals surface area contributed by atoms with Crippen LogP contribution in [-0.2, 0) is 9.53 Å². The molecule has 0 saturated carbocycles. The molecule has 90 valence electrons. The third-order valence-electron chi connectivity index (χ3n) is 4.67. The van der Waals surface area contributed by atoms with Gasteiger partial charge in [0.15, 0.2) is 5.60 Å². The third kappa shape index (κ3) is 1.07. The van der Waals surface area contributed by atoms with Crippen LogP contribution in [0, 0.1) is 0 Å². The van der Waals surface area contributed by atoms with Gasteiger partial charge in [-0.15, -0.1) is 0 Å². The highest BCUT2D eigenvalue weighted by atomic mass is 16.6. The summed E-state index contributed by atoms with van der Waals surface area (Å²) < 4.78 is 5.48. The Morgan fingerprint density at radius 3 is 3.29 bits per heavy atom. The monoisotopic (exact) mass is 233 g/mol. The van der Waals surface area contributed by atoms with E-state index in [9.17, 15) is 9.90 Å². The molecule has 4 rings (SSSR count). The lowest BCUT2D eigenvalue weighted by atomic mass is 9.72. The van der Waals surface area contributed by atoms with Gasteiger partial charge in [-0.1, -0.05) is 12.2 Å². The molecule has 0 aromatic rings. The van der Waals surface area contributed by atoms with Gasteiger partial charge in [0.05, 0.1) is 0 Å². The van der Waals surface area contributed by atoms with Gasteiger partial charge in [0.1, 0.15) is 6.10 Å². The molecule has 1 N–H and O–H groups in total. The Morgan fingerprint density at radius 2 is 2.41 bits per heavy atom. The van der Waals surface area contributed by atoms with Crippen molar-refractivity contribution >= 4 is 5.97 Å². The van der Waals surface area contributed by atoms with Gasteiger partial charge in [-0.3, -0.25) is 4.90 Å². The largest absolute Gasteiger partial charge is 0.448 e.